The molecule has 29 heavy (non-hydrogen) atoms. The number of amides is 1. The molecule has 0 fully saturated rings. The van der Waals surface area contributed by atoms with E-state index in [4.69, 9.17) is 10.5 Å². The first-order chi connectivity index (χ1) is 13.9. The average Bonchev–Trinajstić information content (AvgIpc) is 2.71. The Morgan fingerprint density at radius 2 is 1.69 bits per heavy atom. The van der Waals surface area contributed by atoms with Crippen molar-refractivity contribution in [1.82, 2.24) is 5.32 Å². The third-order valence-corrected chi connectivity index (χ3v) is 4.18. The molecular formula is C22H19FN2O4. The summed E-state index contributed by atoms with van der Waals surface area (Å²) in [6.45, 7) is 0.109. The number of Topliss-reactive ketones (excluding diaryl/α,β-unsaturated/α-hetero) is 1. The van der Waals surface area contributed by atoms with E-state index in [1.54, 1.807) is 30.3 Å². The topological polar surface area (TPSA) is 102 Å². The number of nitrogen functional groups attached to an aromatic ring is 1. The van der Waals surface area contributed by atoms with Crippen molar-refractivity contribution in [3.63, 3.8) is 0 Å². The number of para-hydroxylation sites is 1. The lowest BCUT2D eigenvalue weighted by molar-refractivity contribution is 0.0940. The molecule has 0 aliphatic carbocycles. The van der Waals surface area contributed by atoms with Crippen LogP contribution in [0, 0.1) is 5.82 Å². The maximum absolute atomic E-state index is 12.9. The summed E-state index contributed by atoms with van der Waals surface area (Å²) in [5, 5.41) is 11.9. The summed E-state index contributed by atoms with van der Waals surface area (Å²) in [5.41, 5.74) is 6.87. The van der Waals surface area contributed by atoms with Crippen LogP contribution in [0.5, 0.6) is 17.2 Å². The van der Waals surface area contributed by atoms with E-state index in [1.165, 1.54) is 36.4 Å². The van der Waals surface area contributed by atoms with Gasteiger partial charge in [-0.1, -0.05) is 6.07 Å². The summed E-state index contributed by atoms with van der Waals surface area (Å²) in [7, 11) is 0. The van der Waals surface area contributed by atoms with E-state index in [0.29, 0.717) is 17.1 Å². The van der Waals surface area contributed by atoms with E-state index < -0.39 is 11.7 Å². The Balaban J connectivity index is 1.61. The number of aromatic hydroxyl groups is 1. The summed E-state index contributed by atoms with van der Waals surface area (Å²) < 4.78 is 18.6. The second-order valence-electron chi connectivity index (χ2n) is 6.25. The molecule has 0 saturated heterocycles. The molecule has 3 rings (SSSR count). The molecular weight excluding hydrogens is 375 g/mol. The van der Waals surface area contributed by atoms with Crippen LogP contribution in [0.1, 0.15) is 27.1 Å². The fourth-order valence-electron chi connectivity index (χ4n) is 2.64. The second-order valence-corrected chi connectivity index (χ2v) is 6.25. The Morgan fingerprint density at radius 1 is 1.00 bits per heavy atom. The van der Waals surface area contributed by atoms with Gasteiger partial charge in [-0.05, 0) is 60.7 Å². The van der Waals surface area contributed by atoms with Gasteiger partial charge in [0, 0.05) is 24.1 Å². The minimum Gasteiger partial charge on any atom is -0.508 e. The minimum atomic E-state index is -0.429. The highest BCUT2D eigenvalue weighted by atomic mass is 19.1. The van der Waals surface area contributed by atoms with Gasteiger partial charge < -0.3 is 20.9 Å². The lowest BCUT2D eigenvalue weighted by Crippen LogP contribution is -2.26. The molecule has 0 atom stereocenters. The number of nitrogens with two attached hydrogens (primary N) is 1. The van der Waals surface area contributed by atoms with Crippen molar-refractivity contribution in [2.75, 3.05) is 12.3 Å². The summed E-state index contributed by atoms with van der Waals surface area (Å²) in [5.74, 6) is -0.186. The number of rotatable bonds is 7. The zero-order valence-electron chi connectivity index (χ0n) is 15.4. The molecule has 4 N–H and O–H groups in total. The standard InChI is InChI=1S/C22H19FN2O4/c23-15-6-4-14(5-7-15)22(28)25-13-12-19(27)18-2-1-3-20(21(18)24)29-17-10-8-16(26)9-11-17/h1-11,26H,12-13,24H2,(H,25,28). The van der Waals surface area contributed by atoms with Crippen LogP contribution in [0.4, 0.5) is 10.1 Å². The molecule has 0 aliphatic heterocycles. The fraction of sp³-hybridized carbons (Fsp3) is 0.0909. The number of carbonyl (C=O) groups is 2. The second kappa shape index (κ2) is 8.88. The van der Waals surface area contributed by atoms with E-state index in [1.807, 2.05) is 0 Å². The van der Waals surface area contributed by atoms with Gasteiger partial charge in [0.25, 0.3) is 5.91 Å². The summed E-state index contributed by atoms with van der Waals surface area (Å²) >= 11 is 0. The SMILES string of the molecule is Nc1c(Oc2ccc(O)cc2)cccc1C(=O)CCNC(=O)c1ccc(F)cc1. The number of benzene rings is 3. The van der Waals surface area contributed by atoms with Gasteiger partial charge in [0.15, 0.2) is 11.5 Å². The molecule has 0 unspecified atom stereocenters. The molecule has 148 valence electrons. The van der Waals surface area contributed by atoms with Crippen molar-refractivity contribution < 1.29 is 23.8 Å². The Labute approximate surface area is 166 Å². The van der Waals surface area contributed by atoms with Gasteiger partial charge in [-0.15, -0.1) is 0 Å². The van der Waals surface area contributed by atoms with Crippen molar-refractivity contribution in [3.8, 4) is 17.2 Å². The summed E-state index contributed by atoms with van der Waals surface area (Å²) in [6.07, 6.45) is 0.0415. The fourth-order valence-corrected chi connectivity index (χ4v) is 2.64. The van der Waals surface area contributed by atoms with Crippen LogP contribution in [0.3, 0.4) is 0 Å². The van der Waals surface area contributed by atoms with E-state index >= 15 is 0 Å². The highest BCUT2D eigenvalue weighted by Gasteiger charge is 2.15. The first-order valence-corrected chi connectivity index (χ1v) is 8.86. The van der Waals surface area contributed by atoms with Crippen LogP contribution in [0.25, 0.3) is 0 Å². The minimum absolute atomic E-state index is 0.0415. The van der Waals surface area contributed by atoms with Gasteiger partial charge in [0.1, 0.15) is 17.3 Å². The quantitative estimate of drug-likeness (QED) is 0.417. The van der Waals surface area contributed by atoms with E-state index in [0.717, 1.165) is 0 Å². The van der Waals surface area contributed by atoms with Crippen molar-refractivity contribution in [2.24, 2.45) is 0 Å². The molecule has 1 amide bonds. The maximum atomic E-state index is 12.9. The molecule has 6 nitrogen and oxygen atoms in total. The highest BCUT2D eigenvalue weighted by molar-refractivity contribution is 6.02. The van der Waals surface area contributed by atoms with Gasteiger partial charge >= 0.3 is 0 Å². The van der Waals surface area contributed by atoms with Gasteiger partial charge in [-0.2, -0.15) is 0 Å². The van der Waals surface area contributed by atoms with Crippen LogP contribution in [0.15, 0.2) is 66.7 Å². The van der Waals surface area contributed by atoms with Crippen LogP contribution >= 0.6 is 0 Å². The number of ether oxygens (including phenoxy) is 1. The lowest BCUT2D eigenvalue weighted by Gasteiger charge is -2.12. The third kappa shape index (κ3) is 5.10. The Kier molecular flexibility index (Phi) is 6.09. The van der Waals surface area contributed by atoms with Crippen molar-refractivity contribution in [1.29, 1.82) is 0 Å². The number of phenols is 1. The summed E-state index contributed by atoms with van der Waals surface area (Å²) in [6, 6.07) is 16.1. The molecule has 0 radical (unpaired) electrons. The average molecular weight is 394 g/mol. The van der Waals surface area contributed by atoms with Crippen molar-refractivity contribution in [3.05, 3.63) is 83.7 Å². The monoisotopic (exact) mass is 394 g/mol. The van der Waals surface area contributed by atoms with E-state index in [-0.39, 0.29) is 35.7 Å². The molecule has 0 aliphatic rings. The van der Waals surface area contributed by atoms with Crippen molar-refractivity contribution in [2.45, 2.75) is 6.42 Å². The zero-order chi connectivity index (χ0) is 20.8. The number of ketones is 1. The Morgan fingerprint density at radius 3 is 2.38 bits per heavy atom. The molecule has 0 bridgehead atoms. The molecule has 0 spiro atoms. The van der Waals surface area contributed by atoms with Crippen molar-refractivity contribution >= 4 is 17.4 Å². The van der Waals surface area contributed by atoms with Gasteiger partial charge in [-0.3, -0.25) is 9.59 Å². The number of phenolic OH excluding ortho intramolecular Hbond substituents is 1. The molecule has 3 aromatic carbocycles. The predicted molar refractivity (Wildman–Crippen MR) is 107 cm³/mol. The van der Waals surface area contributed by atoms with E-state index in [2.05, 4.69) is 5.32 Å². The largest absolute Gasteiger partial charge is 0.508 e. The number of hydrogen-bond acceptors (Lipinski definition) is 5. The van der Waals surface area contributed by atoms with Crippen LogP contribution < -0.4 is 15.8 Å². The zero-order valence-corrected chi connectivity index (χ0v) is 15.4. The Hall–Kier alpha value is -3.87. The highest BCUT2D eigenvalue weighted by Crippen LogP contribution is 2.31. The number of hydrogen-bond donors (Lipinski definition) is 3. The molecule has 0 saturated carbocycles. The predicted octanol–water partition coefficient (Wildman–Crippen LogP) is 3.91. The van der Waals surface area contributed by atoms with E-state index in [9.17, 15) is 19.1 Å². The number of nitrogens with one attached hydrogen (secondary N) is 1. The Bertz CT molecular complexity index is 1020. The van der Waals surface area contributed by atoms with Gasteiger partial charge in [0.2, 0.25) is 0 Å². The van der Waals surface area contributed by atoms with Gasteiger partial charge in [-0.25, -0.2) is 4.39 Å². The number of halogens is 1. The maximum Gasteiger partial charge on any atom is 0.251 e. The molecule has 0 heterocycles. The van der Waals surface area contributed by atoms with Crippen LogP contribution in [-0.4, -0.2) is 23.3 Å². The van der Waals surface area contributed by atoms with Crippen LogP contribution in [-0.2, 0) is 0 Å². The normalized spacial score (nSPS) is 10.4. The molecule has 0 aromatic heterocycles. The first kappa shape index (κ1) is 19.9. The molecule has 7 heteroatoms. The first-order valence-electron chi connectivity index (χ1n) is 8.86. The lowest BCUT2D eigenvalue weighted by atomic mass is 10.1. The van der Waals surface area contributed by atoms with Gasteiger partial charge in [0.05, 0.1) is 5.69 Å². The number of carbonyl (C=O) groups excluding carboxylic acids is 2. The summed E-state index contributed by atoms with van der Waals surface area (Å²) in [4.78, 5) is 24.5. The number of anilines is 1. The third-order valence-electron chi connectivity index (χ3n) is 4.18. The smallest absolute Gasteiger partial charge is 0.251 e. The van der Waals surface area contributed by atoms with Crippen LogP contribution in [0.2, 0.25) is 0 Å². The molecule has 3 aromatic rings.